The van der Waals surface area contributed by atoms with Crippen molar-refractivity contribution in [2.45, 2.75) is 0 Å². The molecular weight excluding hydrogens is 286 g/mol. The molecule has 0 spiro atoms. The average Bonchev–Trinajstić information content (AvgIpc) is 2.92. The van der Waals surface area contributed by atoms with E-state index in [4.69, 9.17) is 22.1 Å². The van der Waals surface area contributed by atoms with Gasteiger partial charge in [-0.3, -0.25) is 4.79 Å². The molecule has 1 aromatic heterocycles. The van der Waals surface area contributed by atoms with Crippen LogP contribution in [0.5, 0.6) is 0 Å². The minimum absolute atomic E-state index is 0.209. The van der Waals surface area contributed by atoms with Gasteiger partial charge >= 0.3 is 5.97 Å². The molecule has 0 radical (unpaired) electrons. The van der Waals surface area contributed by atoms with Gasteiger partial charge in [-0.2, -0.15) is 0 Å². The molecule has 0 aliphatic carbocycles. The van der Waals surface area contributed by atoms with Crippen LogP contribution in [-0.4, -0.2) is 23.6 Å². The Morgan fingerprint density at radius 2 is 2.20 bits per heavy atom. The van der Waals surface area contributed by atoms with Crippen molar-refractivity contribution in [2.75, 3.05) is 17.7 Å². The fourth-order valence-corrected chi connectivity index (χ4v) is 1.46. The first-order valence-corrected chi connectivity index (χ1v) is 5.86. The molecule has 7 nitrogen and oxygen atoms in total. The number of ether oxygens (including phenoxy) is 1. The number of nitrogens with one attached hydrogen (secondary N) is 1. The van der Waals surface area contributed by atoms with Crippen LogP contribution in [0, 0.1) is 0 Å². The van der Waals surface area contributed by atoms with Gasteiger partial charge in [-0.1, -0.05) is 16.8 Å². The molecule has 1 amide bonds. The van der Waals surface area contributed by atoms with E-state index in [0.717, 1.165) is 0 Å². The van der Waals surface area contributed by atoms with Crippen molar-refractivity contribution >= 4 is 35.0 Å². The van der Waals surface area contributed by atoms with E-state index in [1.54, 1.807) is 0 Å². The Balaban J connectivity index is 1.88. The number of hydrogen-bond acceptors (Lipinski definition) is 6. The summed E-state index contributed by atoms with van der Waals surface area (Å²) >= 11 is 5.74. The van der Waals surface area contributed by atoms with Crippen molar-refractivity contribution in [3.8, 4) is 0 Å². The molecule has 0 aliphatic heterocycles. The molecule has 1 heterocycles. The maximum atomic E-state index is 11.7. The van der Waals surface area contributed by atoms with Crippen molar-refractivity contribution < 1.29 is 18.8 Å². The van der Waals surface area contributed by atoms with Gasteiger partial charge in [0.15, 0.2) is 12.4 Å². The average molecular weight is 296 g/mol. The summed E-state index contributed by atoms with van der Waals surface area (Å²) in [6, 6.07) is 5.76. The van der Waals surface area contributed by atoms with E-state index in [-0.39, 0.29) is 17.1 Å². The van der Waals surface area contributed by atoms with E-state index in [1.807, 2.05) is 0 Å². The second-order valence-electron chi connectivity index (χ2n) is 3.75. The van der Waals surface area contributed by atoms with Gasteiger partial charge in [-0.05, 0) is 18.2 Å². The summed E-state index contributed by atoms with van der Waals surface area (Å²) in [5, 5.41) is 6.20. The van der Waals surface area contributed by atoms with Crippen molar-refractivity contribution in [3.63, 3.8) is 0 Å². The minimum atomic E-state index is -0.677. The number of aromatic nitrogens is 1. The number of hydrogen-bond donors (Lipinski definition) is 2. The SMILES string of the molecule is Nc1cc(C(=O)OCC(=O)Nc2ccon2)ccc1Cl. The molecule has 0 fully saturated rings. The van der Waals surface area contributed by atoms with E-state index in [0.29, 0.717) is 5.02 Å². The highest BCUT2D eigenvalue weighted by Crippen LogP contribution is 2.19. The summed E-state index contributed by atoms with van der Waals surface area (Å²) in [4.78, 5) is 23.1. The quantitative estimate of drug-likeness (QED) is 0.656. The Labute approximate surface area is 118 Å². The first-order chi connectivity index (χ1) is 9.56. The van der Waals surface area contributed by atoms with Crippen LogP contribution >= 0.6 is 11.6 Å². The van der Waals surface area contributed by atoms with Gasteiger partial charge in [0.1, 0.15) is 6.26 Å². The zero-order valence-corrected chi connectivity index (χ0v) is 10.9. The molecular formula is C12H10ClN3O4. The van der Waals surface area contributed by atoms with E-state index in [2.05, 4.69) is 15.0 Å². The van der Waals surface area contributed by atoms with E-state index >= 15 is 0 Å². The second-order valence-corrected chi connectivity index (χ2v) is 4.15. The summed E-state index contributed by atoms with van der Waals surface area (Å²) in [6.45, 7) is -0.450. The number of amides is 1. The predicted octanol–water partition coefficient (Wildman–Crippen LogP) is 1.71. The van der Waals surface area contributed by atoms with Gasteiger partial charge < -0.3 is 20.3 Å². The fraction of sp³-hybridized carbons (Fsp3) is 0.0833. The number of esters is 1. The lowest BCUT2D eigenvalue weighted by atomic mass is 10.2. The van der Waals surface area contributed by atoms with Crippen LogP contribution in [0.25, 0.3) is 0 Å². The molecule has 0 saturated carbocycles. The molecule has 0 aliphatic rings. The molecule has 0 unspecified atom stereocenters. The highest BCUT2D eigenvalue weighted by Gasteiger charge is 2.12. The molecule has 0 saturated heterocycles. The van der Waals surface area contributed by atoms with Crippen LogP contribution < -0.4 is 11.1 Å². The molecule has 0 atom stereocenters. The number of nitrogens with two attached hydrogens (primary N) is 1. The predicted molar refractivity (Wildman–Crippen MR) is 71.3 cm³/mol. The van der Waals surface area contributed by atoms with Gasteiger partial charge in [0.25, 0.3) is 5.91 Å². The van der Waals surface area contributed by atoms with E-state index in [9.17, 15) is 9.59 Å². The standard InChI is InChI=1S/C12H10ClN3O4/c13-8-2-1-7(5-9(8)14)12(18)19-6-11(17)15-10-3-4-20-16-10/h1-5H,6,14H2,(H,15,16,17). The zero-order chi connectivity index (χ0) is 14.5. The maximum absolute atomic E-state index is 11.7. The molecule has 2 rings (SSSR count). The van der Waals surface area contributed by atoms with E-state index < -0.39 is 18.5 Å². The fourth-order valence-electron chi connectivity index (χ4n) is 1.34. The number of nitrogens with zero attached hydrogens (tertiary/aromatic N) is 1. The van der Waals surface area contributed by atoms with Gasteiger partial charge in [-0.15, -0.1) is 0 Å². The first kappa shape index (κ1) is 13.9. The smallest absolute Gasteiger partial charge is 0.338 e. The van der Waals surface area contributed by atoms with Crippen molar-refractivity contribution in [2.24, 2.45) is 0 Å². The summed E-state index contributed by atoms with van der Waals surface area (Å²) in [7, 11) is 0. The third kappa shape index (κ3) is 3.48. The largest absolute Gasteiger partial charge is 0.452 e. The highest BCUT2D eigenvalue weighted by molar-refractivity contribution is 6.33. The molecule has 20 heavy (non-hydrogen) atoms. The normalized spacial score (nSPS) is 10.1. The number of carbonyl (C=O) groups excluding carboxylic acids is 2. The summed E-state index contributed by atoms with van der Waals surface area (Å²) < 4.78 is 9.36. The van der Waals surface area contributed by atoms with Gasteiger partial charge in [0, 0.05) is 6.07 Å². The zero-order valence-electron chi connectivity index (χ0n) is 10.1. The van der Waals surface area contributed by atoms with Crippen LogP contribution in [0.15, 0.2) is 35.1 Å². The lowest BCUT2D eigenvalue weighted by Crippen LogP contribution is -2.21. The van der Waals surface area contributed by atoms with Crippen LogP contribution in [0.3, 0.4) is 0 Å². The lowest BCUT2D eigenvalue weighted by molar-refractivity contribution is -0.119. The Morgan fingerprint density at radius 3 is 2.85 bits per heavy atom. The number of benzene rings is 1. The summed E-state index contributed by atoms with van der Waals surface area (Å²) in [5.41, 5.74) is 6.03. The lowest BCUT2D eigenvalue weighted by Gasteiger charge is -2.05. The number of rotatable bonds is 4. The summed E-state index contributed by atoms with van der Waals surface area (Å²) in [5.74, 6) is -0.973. The molecule has 104 valence electrons. The highest BCUT2D eigenvalue weighted by atomic mass is 35.5. The van der Waals surface area contributed by atoms with Crippen LogP contribution in [-0.2, 0) is 9.53 Å². The van der Waals surface area contributed by atoms with Gasteiger partial charge in [0.05, 0.1) is 16.3 Å². The van der Waals surface area contributed by atoms with Gasteiger partial charge in [-0.25, -0.2) is 4.79 Å². The topological polar surface area (TPSA) is 107 Å². The molecule has 8 heteroatoms. The van der Waals surface area contributed by atoms with Crippen LogP contribution in [0.4, 0.5) is 11.5 Å². The van der Waals surface area contributed by atoms with Crippen molar-refractivity contribution in [3.05, 3.63) is 41.1 Å². The molecule has 1 aromatic carbocycles. The number of nitrogen functional groups attached to an aromatic ring is 1. The Kier molecular flexibility index (Phi) is 4.21. The third-order valence-electron chi connectivity index (χ3n) is 2.27. The summed E-state index contributed by atoms with van der Waals surface area (Å²) in [6.07, 6.45) is 1.30. The minimum Gasteiger partial charge on any atom is -0.452 e. The Bertz CT molecular complexity index is 628. The second kappa shape index (κ2) is 6.07. The van der Waals surface area contributed by atoms with Crippen molar-refractivity contribution in [1.82, 2.24) is 5.16 Å². The van der Waals surface area contributed by atoms with E-state index in [1.165, 1.54) is 30.5 Å². The molecule has 0 bridgehead atoms. The van der Waals surface area contributed by atoms with Crippen molar-refractivity contribution in [1.29, 1.82) is 0 Å². The van der Waals surface area contributed by atoms with Crippen LogP contribution in [0.1, 0.15) is 10.4 Å². The number of carbonyl (C=O) groups is 2. The van der Waals surface area contributed by atoms with Crippen LogP contribution in [0.2, 0.25) is 5.02 Å². The Hall–Kier alpha value is -2.54. The molecule has 2 aromatic rings. The molecule has 3 N–H and O–H groups in total. The first-order valence-electron chi connectivity index (χ1n) is 5.48. The monoisotopic (exact) mass is 295 g/mol. The third-order valence-corrected chi connectivity index (χ3v) is 2.62. The number of halogens is 1. The Morgan fingerprint density at radius 1 is 1.40 bits per heavy atom. The maximum Gasteiger partial charge on any atom is 0.338 e. The number of anilines is 2. The van der Waals surface area contributed by atoms with Gasteiger partial charge in [0.2, 0.25) is 0 Å².